The quantitative estimate of drug-likeness (QED) is 0.616. The second-order valence-corrected chi connectivity index (χ2v) is 4.20. The van der Waals surface area contributed by atoms with E-state index in [1.165, 1.54) is 0 Å². The molecule has 0 saturated heterocycles. The summed E-state index contributed by atoms with van der Waals surface area (Å²) >= 11 is -2.53. The smallest absolute Gasteiger partial charge is 0.139 e. The Kier molecular flexibility index (Phi) is 3.56. The summed E-state index contributed by atoms with van der Waals surface area (Å²) in [5.74, 6) is 0.321. The lowest BCUT2D eigenvalue weighted by molar-refractivity contribution is 0.440. The summed E-state index contributed by atoms with van der Waals surface area (Å²) in [4.78, 5) is 0. The van der Waals surface area contributed by atoms with Crippen molar-refractivity contribution in [2.24, 2.45) is 0 Å². The molecule has 1 atom stereocenters. The Morgan fingerprint density at radius 3 is 2.71 bits per heavy atom. The molecule has 0 aliphatic heterocycles. The van der Waals surface area contributed by atoms with Gasteiger partial charge < -0.3 is 8.74 Å². The Hall–Kier alpha value is -1.65. The van der Waals surface area contributed by atoms with Crippen molar-refractivity contribution < 1.29 is 12.9 Å². The third kappa shape index (κ3) is 2.93. The van der Waals surface area contributed by atoms with Gasteiger partial charge >= 0.3 is 0 Å². The molecule has 0 aliphatic rings. The van der Waals surface area contributed by atoms with Gasteiger partial charge in [-0.05, 0) is 34.9 Å². The number of rotatable bonds is 4. The zero-order valence-corrected chi connectivity index (χ0v) is 9.91. The SMILES string of the molecule is C=CCc1ccc2ccc(OS(=O)[O-])cc2c1. The van der Waals surface area contributed by atoms with Gasteiger partial charge in [-0.15, -0.1) is 6.58 Å². The highest BCUT2D eigenvalue weighted by molar-refractivity contribution is 7.74. The van der Waals surface area contributed by atoms with E-state index < -0.39 is 11.4 Å². The van der Waals surface area contributed by atoms with E-state index in [4.69, 9.17) is 0 Å². The fourth-order valence-corrected chi connectivity index (χ4v) is 1.96. The van der Waals surface area contributed by atoms with E-state index in [0.717, 1.165) is 22.8 Å². The van der Waals surface area contributed by atoms with E-state index in [2.05, 4.69) is 10.8 Å². The molecule has 0 radical (unpaired) electrons. The van der Waals surface area contributed by atoms with Crippen LogP contribution in [-0.4, -0.2) is 8.76 Å². The monoisotopic (exact) mass is 247 g/mol. The molecule has 0 spiro atoms. The molecule has 0 amide bonds. The van der Waals surface area contributed by atoms with Crippen LogP contribution in [0.5, 0.6) is 5.75 Å². The van der Waals surface area contributed by atoms with E-state index >= 15 is 0 Å². The summed E-state index contributed by atoms with van der Waals surface area (Å²) in [7, 11) is 0. The zero-order chi connectivity index (χ0) is 12.3. The third-order valence-corrected chi connectivity index (χ3v) is 2.75. The summed E-state index contributed by atoms with van der Waals surface area (Å²) in [5, 5.41) is 1.99. The van der Waals surface area contributed by atoms with Crippen LogP contribution in [0, 0.1) is 0 Å². The largest absolute Gasteiger partial charge is 0.740 e. The first-order valence-electron chi connectivity index (χ1n) is 5.10. The van der Waals surface area contributed by atoms with Crippen molar-refractivity contribution in [3.05, 3.63) is 54.6 Å². The van der Waals surface area contributed by atoms with Crippen LogP contribution >= 0.6 is 0 Å². The normalized spacial score (nSPS) is 12.3. The lowest BCUT2D eigenvalue weighted by Gasteiger charge is -2.08. The number of hydrogen-bond donors (Lipinski definition) is 0. The van der Waals surface area contributed by atoms with Gasteiger partial charge in [0.15, 0.2) is 0 Å². The topological polar surface area (TPSA) is 49.4 Å². The summed E-state index contributed by atoms with van der Waals surface area (Å²) in [6.45, 7) is 3.69. The minimum Gasteiger partial charge on any atom is -0.740 e. The molecule has 0 fully saturated rings. The van der Waals surface area contributed by atoms with Gasteiger partial charge in [-0.25, -0.2) is 4.21 Å². The van der Waals surface area contributed by atoms with Crippen LogP contribution in [0.4, 0.5) is 0 Å². The van der Waals surface area contributed by atoms with E-state index in [0.29, 0.717) is 5.75 Å². The first-order valence-corrected chi connectivity index (χ1v) is 6.10. The average Bonchev–Trinajstić information content (AvgIpc) is 2.28. The first-order chi connectivity index (χ1) is 8.19. The van der Waals surface area contributed by atoms with E-state index in [-0.39, 0.29) is 0 Å². The third-order valence-electron chi connectivity index (χ3n) is 2.42. The Morgan fingerprint density at radius 2 is 2.00 bits per heavy atom. The molecule has 0 aromatic heterocycles. The zero-order valence-electron chi connectivity index (χ0n) is 9.09. The minimum absolute atomic E-state index is 0.321. The predicted octanol–water partition coefficient (Wildman–Crippen LogP) is 2.74. The summed E-state index contributed by atoms with van der Waals surface area (Å²) < 4.78 is 25.5. The number of fused-ring (bicyclic) bond motifs is 1. The Balaban J connectivity index is 2.42. The first kappa shape index (κ1) is 11.8. The molecule has 0 heterocycles. The molecule has 17 heavy (non-hydrogen) atoms. The van der Waals surface area contributed by atoms with Crippen LogP contribution in [0.15, 0.2) is 49.1 Å². The molecular weight excluding hydrogens is 236 g/mol. The van der Waals surface area contributed by atoms with Crippen molar-refractivity contribution in [1.82, 2.24) is 0 Å². The lowest BCUT2D eigenvalue weighted by atomic mass is 10.0. The van der Waals surface area contributed by atoms with Gasteiger partial charge in [-0.1, -0.05) is 30.3 Å². The van der Waals surface area contributed by atoms with Crippen molar-refractivity contribution in [3.63, 3.8) is 0 Å². The van der Waals surface area contributed by atoms with Gasteiger partial charge in [-0.2, -0.15) is 0 Å². The maximum Gasteiger partial charge on any atom is 0.139 e. The molecule has 0 bridgehead atoms. The number of hydrogen-bond acceptors (Lipinski definition) is 3. The van der Waals surface area contributed by atoms with E-state index in [9.17, 15) is 8.76 Å². The van der Waals surface area contributed by atoms with Crippen LogP contribution in [-0.2, 0) is 17.8 Å². The maximum atomic E-state index is 10.4. The van der Waals surface area contributed by atoms with Crippen LogP contribution < -0.4 is 4.18 Å². The fraction of sp³-hybridized carbons (Fsp3) is 0.0769. The van der Waals surface area contributed by atoms with Crippen molar-refractivity contribution >= 4 is 22.1 Å². The standard InChI is InChI=1S/C13H12O3S/c1-2-3-10-4-5-11-6-7-13(16-17(14)15)9-12(11)8-10/h2,4-9H,1,3H2,(H,14,15)/p-1. The molecule has 0 N–H and O–H groups in total. The van der Waals surface area contributed by atoms with Gasteiger partial charge in [0.2, 0.25) is 0 Å². The molecule has 2 aromatic carbocycles. The van der Waals surface area contributed by atoms with E-state index in [1.54, 1.807) is 12.1 Å². The molecule has 3 nitrogen and oxygen atoms in total. The van der Waals surface area contributed by atoms with Crippen LogP contribution in [0.3, 0.4) is 0 Å². The lowest BCUT2D eigenvalue weighted by Crippen LogP contribution is -1.97. The van der Waals surface area contributed by atoms with E-state index in [1.807, 2.05) is 30.3 Å². The van der Waals surface area contributed by atoms with Crippen molar-refractivity contribution in [2.45, 2.75) is 6.42 Å². The Labute approximate surface area is 102 Å². The maximum absolute atomic E-state index is 10.4. The molecule has 0 saturated carbocycles. The number of benzene rings is 2. The molecular formula is C13H11O3S-. The molecule has 0 aliphatic carbocycles. The molecule has 1 unspecified atom stereocenters. The highest BCUT2D eigenvalue weighted by Gasteiger charge is 1.99. The van der Waals surface area contributed by atoms with Crippen LogP contribution in [0.25, 0.3) is 10.8 Å². The predicted molar refractivity (Wildman–Crippen MR) is 67.4 cm³/mol. The summed E-state index contributed by atoms with van der Waals surface area (Å²) in [6, 6.07) is 11.2. The fourth-order valence-electron chi connectivity index (χ4n) is 1.70. The molecule has 2 rings (SSSR count). The summed E-state index contributed by atoms with van der Waals surface area (Å²) in [5.41, 5.74) is 1.13. The second-order valence-electron chi connectivity index (χ2n) is 3.62. The number of allylic oxidation sites excluding steroid dienone is 1. The van der Waals surface area contributed by atoms with Crippen molar-refractivity contribution in [3.8, 4) is 5.75 Å². The van der Waals surface area contributed by atoms with Gasteiger partial charge in [0.25, 0.3) is 0 Å². The van der Waals surface area contributed by atoms with Gasteiger partial charge in [0.05, 0.1) is 0 Å². The molecule has 2 aromatic rings. The molecule has 4 heteroatoms. The Bertz CT molecular complexity index is 578. The average molecular weight is 247 g/mol. The van der Waals surface area contributed by atoms with Crippen LogP contribution in [0.1, 0.15) is 5.56 Å². The van der Waals surface area contributed by atoms with Gasteiger partial charge in [-0.3, -0.25) is 0 Å². The van der Waals surface area contributed by atoms with Crippen molar-refractivity contribution in [2.75, 3.05) is 0 Å². The van der Waals surface area contributed by atoms with Crippen LogP contribution in [0.2, 0.25) is 0 Å². The molecule has 88 valence electrons. The van der Waals surface area contributed by atoms with Crippen molar-refractivity contribution in [1.29, 1.82) is 0 Å². The second kappa shape index (κ2) is 5.12. The van der Waals surface area contributed by atoms with Gasteiger partial charge in [0.1, 0.15) is 17.1 Å². The Morgan fingerprint density at radius 1 is 1.24 bits per heavy atom. The summed E-state index contributed by atoms with van der Waals surface area (Å²) in [6.07, 6.45) is 2.61. The minimum atomic E-state index is -2.53. The van der Waals surface area contributed by atoms with Gasteiger partial charge in [0, 0.05) is 0 Å². The highest BCUT2D eigenvalue weighted by atomic mass is 32.2. The highest BCUT2D eigenvalue weighted by Crippen LogP contribution is 2.22.